The molecule has 1 amide bonds. The number of Topliss-reactive ketones (excluding diaryl/α,β-unsaturated/α-hetero) is 1. The second-order valence-corrected chi connectivity index (χ2v) is 12.0. The van der Waals surface area contributed by atoms with Crippen LogP contribution in [0, 0.1) is 5.41 Å². The summed E-state index contributed by atoms with van der Waals surface area (Å²) < 4.78 is 59.5. The molecule has 2 fully saturated rings. The number of pyridine rings is 1. The molecule has 7 nitrogen and oxygen atoms in total. The van der Waals surface area contributed by atoms with Crippen molar-refractivity contribution in [3.05, 3.63) is 39.8 Å². The van der Waals surface area contributed by atoms with Crippen molar-refractivity contribution < 1.29 is 41.6 Å². The molecule has 0 bridgehead atoms. The fourth-order valence-corrected chi connectivity index (χ4v) is 6.37. The van der Waals surface area contributed by atoms with Crippen LogP contribution in [0.3, 0.4) is 0 Å². The quantitative estimate of drug-likeness (QED) is 0.222. The predicted molar refractivity (Wildman–Crippen MR) is 139 cm³/mol. The number of carboxylic acids is 1. The van der Waals surface area contributed by atoms with Gasteiger partial charge in [-0.1, -0.05) is 42.5 Å². The summed E-state index contributed by atoms with van der Waals surface area (Å²) in [5, 5.41) is 9.26. The number of rotatable bonds is 8. The SMILES string of the molecule is CC1(C(=O)O)CCC([N+]2=C(C(F)(F)F)C(C(=O)N(CC(=O)c3c(Cl)cncc3Cl)CC3(F)CCCCC3)=C2)CC1. The van der Waals surface area contributed by atoms with E-state index in [0.717, 1.165) is 22.1 Å². The van der Waals surface area contributed by atoms with Gasteiger partial charge in [-0.2, -0.15) is 17.7 Å². The highest BCUT2D eigenvalue weighted by Crippen LogP contribution is 2.40. The minimum absolute atomic E-state index is 0.0974. The lowest BCUT2D eigenvalue weighted by Crippen LogP contribution is -2.53. The molecule has 4 rings (SSSR count). The number of carbonyl (C=O) groups excluding carboxylic acids is 2. The molecule has 218 valence electrons. The van der Waals surface area contributed by atoms with Crippen LogP contribution in [0.25, 0.3) is 0 Å². The minimum atomic E-state index is -4.90. The number of carboxylic acid groups (broad SMARTS) is 1. The van der Waals surface area contributed by atoms with Crippen LogP contribution in [0.2, 0.25) is 10.0 Å². The summed E-state index contributed by atoms with van der Waals surface area (Å²) in [5.41, 5.74) is -4.87. The van der Waals surface area contributed by atoms with Gasteiger partial charge in [-0.25, -0.2) is 4.39 Å². The van der Waals surface area contributed by atoms with E-state index in [4.69, 9.17) is 23.2 Å². The molecule has 0 saturated heterocycles. The topological polar surface area (TPSA) is 90.6 Å². The molecule has 1 aliphatic heterocycles. The first-order chi connectivity index (χ1) is 18.7. The molecule has 13 heteroatoms. The zero-order valence-corrected chi connectivity index (χ0v) is 23.4. The molecule has 2 aliphatic carbocycles. The molecule has 2 saturated carbocycles. The minimum Gasteiger partial charge on any atom is -0.481 e. The molecule has 0 atom stereocenters. The molecule has 1 aromatic rings. The van der Waals surface area contributed by atoms with Crippen molar-refractivity contribution in [1.29, 1.82) is 0 Å². The third-order valence-electron chi connectivity index (χ3n) is 8.23. The van der Waals surface area contributed by atoms with Gasteiger partial charge in [0.15, 0.2) is 23.6 Å². The largest absolute Gasteiger partial charge is 0.481 e. The van der Waals surface area contributed by atoms with E-state index in [9.17, 15) is 32.7 Å². The summed E-state index contributed by atoms with van der Waals surface area (Å²) in [6.07, 6.45) is 1.42. The number of hydrogen-bond donors (Lipinski definition) is 1. The fraction of sp³-hybridized carbons (Fsp3) is 0.593. The van der Waals surface area contributed by atoms with Gasteiger partial charge in [0.1, 0.15) is 5.67 Å². The maximum Gasteiger partial charge on any atom is 0.478 e. The average molecular weight is 607 g/mol. The molecule has 40 heavy (non-hydrogen) atoms. The Kier molecular flexibility index (Phi) is 8.66. The lowest BCUT2D eigenvalue weighted by molar-refractivity contribution is -0.524. The highest BCUT2D eigenvalue weighted by Gasteiger charge is 2.57. The van der Waals surface area contributed by atoms with Gasteiger partial charge in [-0.3, -0.25) is 19.4 Å². The van der Waals surface area contributed by atoms with Crippen molar-refractivity contribution in [2.75, 3.05) is 13.1 Å². The smallest absolute Gasteiger partial charge is 0.478 e. The van der Waals surface area contributed by atoms with Crippen LogP contribution in [0.4, 0.5) is 17.6 Å². The van der Waals surface area contributed by atoms with Crippen LogP contribution in [0.15, 0.2) is 24.2 Å². The number of halogens is 6. The van der Waals surface area contributed by atoms with E-state index in [0.29, 0.717) is 12.8 Å². The van der Waals surface area contributed by atoms with Gasteiger partial charge in [-0.05, 0) is 32.6 Å². The third kappa shape index (κ3) is 6.20. The zero-order chi connectivity index (χ0) is 29.5. The second kappa shape index (κ2) is 11.4. The lowest BCUT2D eigenvalue weighted by atomic mass is 9.73. The normalized spacial score (nSPS) is 24.7. The van der Waals surface area contributed by atoms with Crippen LogP contribution in [-0.2, 0) is 9.59 Å². The summed E-state index contributed by atoms with van der Waals surface area (Å²) in [7, 11) is 0. The monoisotopic (exact) mass is 606 g/mol. The van der Waals surface area contributed by atoms with E-state index in [1.165, 1.54) is 12.4 Å². The summed E-state index contributed by atoms with van der Waals surface area (Å²) in [4.78, 5) is 42.9. The van der Waals surface area contributed by atoms with E-state index < -0.39 is 65.3 Å². The number of amides is 1. The van der Waals surface area contributed by atoms with Gasteiger partial charge >= 0.3 is 17.9 Å². The highest BCUT2D eigenvalue weighted by atomic mass is 35.5. The molecule has 0 unspecified atom stereocenters. The summed E-state index contributed by atoms with van der Waals surface area (Å²) in [5.74, 6) is -2.87. The van der Waals surface area contributed by atoms with E-state index in [-0.39, 0.29) is 54.1 Å². The Labute approximate surface area is 238 Å². The van der Waals surface area contributed by atoms with Crippen LogP contribution in [-0.4, -0.2) is 73.9 Å². The molecule has 3 aliphatic rings. The number of aliphatic carboxylic acids is 1. The van der Waals surface area contributed by atoms with Gasteiger partial charge in [0.05, 0.1) is 34.1 Å². The van der Waals surface area contributed by atoms with Gasteiger partial charge < -0.3 is 10.0 Å². The van der Waals surface area contributed by atoms with Gasteiger partial charge in [-0.15, -0.1) is 0 Å². The first-order valence-corrected chi connectivity index (χ1v) is 13.9. The maximum atomic E-state index is 15.7. The van der Waals surface area contributed by atoms with Gasteiger partial charge in [0.2, 0.25) is 0 Å². The molecular weight excluding hydrogens is 577 g/mol. The Hall–Kier alpha value is -2.53. The van der Waals surface area contributed by atoms with Crippen molar-refractivity contribution in [3.8, 4) is 0 Å². The predicted octanol–water partition coefficient (Wildman–Crippen LogP) is 6.02. The number of nitrogens with zero attached hydrogens (tertiary/aromatic N) is 3. The highest BCUT2D eigenvalue weighted by molar-refractivity contribution is 6.39. The summed E-state index contributed by atoms with van der Waals surface area (Å²) in [6, 6.07) is -0.643. The Bertz CT molecular complexity index is 1250. The van der Waals surface area contributed by atoms with Crippen LogP contribution in [0.1, 0.15) is 75.1 Å². The van der Waals surface area contributed by atoms with Crippen molar-refractivity contribution >= 4 is 46.6 Å². The third-order valence-corrected chi connectivity index (χ3v) is 8.80. The molecule has 0 aromatic carbocycles. The van der Waals surface area contributed by atoms with Crippen molar-refractivity contribution in [2.45, 2.75) is 82.6 Å². The van der Waals surface area contributed by atoms with Gasteiger partial charge in [0.25, 0.3) is 5.91 Å². The van der Waals surface area contributed by atoms with Crippen molar-refractivity contribution in [3.63, 3.8) is 0 Å². The number of hydrogen-bond acceptors (Lipinski definition) is 4. The summed E-state index contributed by atoms with van der Waals surface area (Å²) >= 11 is 12.2. The number of carbonyl (C=O) groups is 3. The molecule has 0 spiro atoms. The van der Waals surface area contributed by atoms with Gasteiger partial charge in [0, 0.05) is 25.2 Å². The fourth-order valence-electron chi connectivity index (χ4n) is 5.80. The Morgan fingerprint density at radius 3 is 2.17 bits per heavy atom. The number of alkyl halides is 4. The van der Waals surface area contributed by atoms with Crippen LogP contribution in [0.5, 0.6) is 0 Å². The molecule has 1 N–H and O–H groups in total. The van der Waals surface area contributed by atoms with Crippen LogP contribution >= 0.6 is 23.2 Å². The van der Waals surface area contributed by atoms with Crippen molar-refractivity contribution in [1.82, 2.24) is 9.88 Å². The Morgan fingerprint density at radius 1 is 1.07 bits per heavy atom. The van der Waals surface area contributed by atoms with E-state index in [2.05, 4.69) is 4.98 Å². The molecule has 2 heterocycles. The van der Waals surface area contributed by atoms with E-state index in [1.54, 1.807) is 6.92 Å². The number of aromatic nitrogens is 1. The zero-order valence-electron chi connectivity index (χ0n) is 21.9. The molecule has 1 aromatic heterocycles. The standard InChI is InChI=1S/C27H29Cl2F4N3O4/c1-25(24(39)40)9-5-16(6-10-25)36-13-17(22(36)27(31,32)33)23(38)35(15-26(30)7-3-2-4-8-26)14-20(37)21-18(28)11-34-12-19(21)29/h11-13,16H,2-10,14-15H2,1H3/p+1. The second-order valence-electron chi connectivity index (χ2n) is 11.2. The first kappa shape index (κ1) is 30.4. The lowest BCUT2D eigenvalue weighted by Gasteiger charge is -2.36. The Balaban J connectivity index is 1.62. The summed E-state index contributed by atoms with van der Waals surface area (Å²) in [6.45, 7) is 0.284. The maximum absolute atomic E-state index is 15.7. The van der Waals surface area contributed by atoms with Crippen LogP contribution < -0.4 is 0 Å². The average Bonchev–Trinajstić information content (AvgIpc) is 2.83. The molecular formula is C27H30Cl2F4N3O4+. The van der Waals surface area contributed by atoms with Crippen molar-refractivity contribution in [2.24, 2.45) is 5.41 Å². The Morgan fingerprint density at radius 2 is 1.65 bits per heavy atom. The number of ketones is 1. The molecule has 0 radical (unpaired) electrons. The van der Waals surface area contributed by atoms with E-state index in [1.807, 2.05) is 0 Å². The van der Waals surface area contributed by atoms with E-state index >= 15 is 4.39 Å². The first-order valence-electron chi connectivity index (χ1n) is 13.1.